The van der Waals surface area contributed by atoms with Gasteiger partial charge in [0.2, 0.25) is 0 Å². The fraction of sp³-hybridized carbons (Fsp3) is 0.375. The predicted molar refractivity (Wildman–Crippen MR) is 243 cm³/mol. The molecule has 0 radical (unpaired) electrons. The Labute approximate surface area is 357 Å². The predicted octanol–water partition coefficient (Wildman–Crippen LogP) is 9.86. The molecule has 0 aromatic heterocycles. The van der Waals surface area contributed by atoms with E-state index in [2.05, 4.69) is 194 Å². The molecule has 2 heterocycles. The number of thioether (sulfide) groups is 4. The van der Waals surface area contributed by atoms with Crippen LogP contribution in [-0.2, 0) is 21.9 Å². The third kappa shape index (κ3) is 19.3. The Kier molecular flexibility index (Phi) is 32.3. The summed E-state index contributed by atoms with van der Waals surface area (Å²) < 4.78 is 1.14. The topological polar surface area (TPSA) is 3.24 Å². The number of nitrogens with zero attached hydrogens (tertiary/aromatic N) is 2. The van der Waals surface area contributed by atoms with Crippen molar-refractivity contribution >= 4 is 165 Å². The van der Waals surface area contributed by atoms with E-state index in [1.807, 2.05) is 51.6 Å². The molecule has 13 heteroatoms. The van der Waals surface area contributed by atoms with E-state index in [-0.39, 0.29) is 12.4 Å². The first-order valence-corrected chi connectivity index (χ1v) is 32.0. The van der Waals surface area contributed by atoms with Crippen LogP contribution in [0.4, 0.5) is 0 Å². The molecule has 2 aliphatic heterocycles. The molecule has 251 valence electrons. The van der Waals surface area contributed by atoms with Gasteiger partial charge in [0, 0.05) is 33.4 Å². The van der Waals surface area contributed by atoms with Gasteiger partial charge in [0.1, 0.15) is 18.3 Å². The molecule has 6 rings (SSSR count). The molecule has 0 amide bonds. The maximum absolute atomic E-state index is 5.81. The van der Waals surface area contributed by atoms with Crippen LogP contribution in [0.2, 0.25) is 0 Å². The van der Waals surface area contributed by atoms with E-state index in [1.54, 1.807) is 0 Å². The standard InChI is InChI=1S/C15H18NS2.C11H9Cl.C4H9NS2.2CH3I.ClH.2HI.V/c1-16(10-17-12-18-11-16)9-14-7-4-6-13-5-2-3-8-15(13)14;12-8-10-6-3-5-9-4-1-2-7-11(9)10;1-5-2-6-4-7-3-5;2*1-2;;;;/h2-8H,9-12H2,1H3;1-7H,8H2;2-4H2,1H3;2*1H3;3*1H;/q+1;;;;;;;;+2/p-3. The van der Waals surface area contributed by atoms with E-state index < -0.39 is 0 Å². The van der Waals surface area contributed by atoms with Gasteiger partial charge in [-0.25, -0.2) is 0 Å². The van der Waals surface area contributed by atoms with E-state index >= 15 is 0 Å². The molecular weight excluding hydrogens is 1170 g/mol. The molecule has 0 unspecified atom stereocenters. The zero-order valence-electron chi connectivity index (χ0n) is 26.0. The van der Waals surface area contributed by atoms with Crippen LogP contribution in [0.15, 0.2) is 84.9 Å². The van der Waals surface area contributed by atoms with E-state index in [0.29, 0.717) is 15.3 Å². The third-order valence-electron chi connectivity index (χ3n) is 6.22. The molecule has 0 bridgehead atoms. The van der Waals surface area contributed by atoms with Gasteiger partial charge in [0.05, 0.1) is 7.05 Å². The molecule has 0 aliphatic carbocycles. The van der Waals surface area contributed by atoms with E-state index in [0.717, 1.165) is 11.0 Å². The molecule has 2 aliphatic rings. The van der Waals surface area contributed by atoms with Gasteiger partial charge >= 0.3 is 49.4 Å². The Morgan fingerprint density at radius 1 is 0.689 bits per heavy atom. The molecule has 2 saturated heterocycles. The molecular formula is C32H42Cl2I4N2S4V. The Hall–Kier alpha value is 2.80. The maximum atomic E-state index is 5.81. The molecule has 4 aromatic rings. The average molecular weight is 1210 g/mol. The first kappa shape index (κ1) is 47.8. The Morgan fingerprint density at radius 2 is 1.09 bits per heavy atom. The molecule has 4 aromatic carbocycles. The number of hydrogen-bond donors (Lipinski definition) is 0. The minimum absolute atomic E-state index is 0. The normalized spacial score (nSPS) is 14.9. The third-order valence-corrected chi connectivity index (χ3v) is 12.0. The van der Waals surface area contributed by atoms with Crippen molar-refractivity contribution in [1.29, 1.82) is 0 Å². The Bertz CT molecular complexity index is 1290. The molecule has 0 saturated carbocycles. The van der Waals surface area contributed by atoms with Crippen LogP contribution < -0.4 is 12.4 Å². The average Bonchev–Trinajstić information content (AvgIpc) is 3.08. The summed E-state index contributed by atoms with van der Waals surface area (Å²) in [5.74, 6) is 5.48. The van der Waals surface area contributed by atoms with E-state index in [4.69, 9.17) is 11.6 Å². The first-order valence-electron chi connectivity index (χ1n) is 13.5. The summed E-state index contributed by atoms with van der Waals surface area (Å²) in [5, 5.41) is 7.83. The second-order valence-electron chi connectivity index (χ2n) is 9.68. The minimum atomic E-state index is 0. The van der Waals surface area contributed by atoms with E-state index in [9.17, 15) is 0 Å². The van der Waals surface area contributed by atoms with Gasteiger partial charge in [0.25, 0.3) is 0 Å². The van der Waals surface area contributed by atoms with Crippen molar-refractivity contribution in [3.05, 3.63) is 96.1 Å². The molecule has 45 heavy (non-hydrogen) atoms. The van der Waals surface area contributed by atoms with Crippen LogP contribution >= 0.6 is 144 Å². The summed E-state index contributed by atoms with van der Waals surface area (Å²) in [7, 11) is 5.16. The van der Waals surface area contributed by atoms with Crippen LogP contribution in [0.5, 0.6) is 0 Å². The second-order valence-corrected chi connectivity index (χ2v) is 26.3. The molecule has 0 spiro atoms. The van der Waals surface area contributed by atoms with Crippen LogP contribution in [0.25, 0.3) is 21.5 Å². The summed E-state index contributed by atoms with van der Waals surface area (Å²) in [5.41, 5.74) is 2.69. The van der Waals surface area contributed by atoms with Crippen molar-refractivity contribution in [2.75, 3.05) is 57.6 Å². The van der Waals surface area contributed by atoms with Gasteiger partial charge in [-0.1, -0.05) is 154 Å². The van der Waals surface area contributed by atoms with Crippen molar-refractivity contribution in [2.24, 2.45) is 0 Å². The molecule has 2 fully saturated rings. The van der Waals surface area contributed by atoms with Crippen molar-refractivity contribution in [1.82, 2.24) is 4.90 Å². The fourth-order valence-corrected chi connectivity index (χ4v) is 9.09. The Morgan fingerprint density at radius 3 is 1.53 bits per heavy atom. The van der Waals surface area contributed by atoms with Gasteiger partial charge in [0.15, 0.2) is 0 Å². The van der Waals surface area contributed by atoms with Crippen LogP contribution in [0, 0.1) is 0 Å². The summed E-state index contributed by atoms with van der Waals surface area (Å²) in [6.07, 6.45) is 0. The first-order chi connectivity index (χ1) is 21.5. The fourth-order valence-electron chi connectivity index (χ4n) is 4.44. The van der Waals surface area contributed by atoms with E-state index in [1.165, 1.54) is 66.3 Å². The number of hydrogen-bond acceptors (Lipinski definition) is 5. The van der Waals surface area contributed by atoms with Gasteiger partial charge in [-0.3, -0.25) is 4.90 Å². The zero-order valence-corrected chi connectivity index (χ0v) is 40.8. The van der Waals surface area contributed by atoms with Gasteiger partial charge < -0.3 is 16.9 Å². The number of rotatable bonds is 3. The summed E-state index contributed by atoms with van der Waals surface area (Å²) in [6, 6.07) is 29.9. The number of benzene rings is 4. The van der Waals surface area contributed by atoms with Crippen molar-refractivity contribution in [3.63, 3.8) is 0 Å². The van der Waals surface area contributed by atoms with Gasteiger partial charge in [-0.15, -0.1) is 35.1 Å². The van der Waals surface area contributed by atoms with Crippen LogP contribution in [-0.4, -0.2) is 67.0 Å². The monoisotopic (exact) mass is 1210 g/mol. The van der Waals surface area contributed by atoms with Crippen LogP contribution in [0.3, 0.4) is 0 Å². The van der Waals surface area contributed by atoms with Crippen molar-refractivity contribution in [2.45, 2.75) is 12.4 Å². The van der Waals surface area contributed by atoms with Crippen LogP contribution in [0.1, 0.15) is 11.1 Å². The van der Waals surface area contributed by atoms with Gasteiger partial charge in [-0.05, 0) is 44.0 Å². The summed E-state index contributed by atoms with van der Waals surface area (Å²) >= 11 is 23.0. The van der Waals surface area contributed by atoms with Crippen molar-refractivity contribution < 1.29 is 26.4 Å². The number of fused-ring (bicyclic) bond motifs is 2. The van der Waals surface area contributed by atoms with Crippen molar-refractivity contribution in [3.8, 4) is 0 Å². The summed E-state index contributed by atoms with van der Waals surface area (Å²) in [6.45, 7) is 1.14. The second kappa shape index (κ2) is 30.4. The molecule has 2 nitrogen and oxygen atoms in total. The molecule has 0 atom stereocenters. The van der Waals surface area contributed by atoms with Gasteiger partial charge in [-0.2, -0.15) is 0 Å². The quantitative estimate of drug-likeness (QED) is 0.114. The number of halogens is 6. The number of alkyl halides is 3. The SMILES string of the molecule is CI.CI.CN1CSCSC1.C[N+]1(Cc2cccc3ccccc23)CSCSC1.ClCc1cccc2ccccc12.[Cl-].[I][V][I]. The summed E-state index contributed by atoms with van der Waals surface area (Å²) in [4.78, 5) is 6.26. The molecule has 0 N–H and O–H groups in total. The number of quaternary nitrogens is 1. The zero-order chi connectivity index (χ0) is 32.6. The Balaban J connectivity index is 0.000000622.